The number of alkyl halides is 3. The van der Waals surface area contributed by atoms with E-state index in [0.717, 1.165) is 17.4 Å². The van der Waals surface area contributed by atoms with E-state index >= 15 is 0 Å². The molecule has 0 saturated carbocycles. The summed E-state index contributed by atoms with van der Waals surface area (Å²) in [6.45, 7) is 2.05. The zero-order valence-electron chi connectivity index (χ0n) is 18.6. The van der Waals surface area contributed by atoms with E-state index in [1.54, 1.807) is 9.80 Å². The van der Waals surface area contributed by atoms with E-state index in [9.17, 15) is 22.8 Å². The van der Waals surface area contributed by atoms with Crippen LogP contribution in [0.2, 0.25) is 0 Å². The summed E-state index contributed by atoms with van der Waals surface area (Å²) in [5, 5.41) is 3.85. The first kappa shape index (κ1) is 23.6. The van der Waals surface area contributed by atoms with Crippen molar-refractivity contribution in [3.63, 3.8) is 0 Å². The molecule has 1 N–H and O–H groups in total. The fraction of sp³-hybridized carbons (Fsp3) is 0.571. The number of piperidine rings is 1. The third kappa shape index (κ3) is 4.72. The van der Waals surface area contributed by atoms with Crippen molar-refractivity contribution in [2.75, 3.05) is 52.2 Å². The van der Waals surface area contributed by atoms with Gasteiger partial charge >= 0.3 is 12.3 Å². The minimum Gasteiger partial charge on any atom is -0.446 e. The van der Waals surface area contributed by atoms with Crippen LogP contribution in [0.25, 0.3) is 10.2 Å². The molecule has 2 aromatic rings. The standard InChI is InChI=1S/C21H26F3N5O3S/c1-25-19(30)14-11-33-18-15(21(22,23)24)8-16(26-17(14)18)28-6-4-13(5-7-28)32-20(31)29-9-12(10-29)27(2)3/h8,11-13H,4-7,9-10H2,1-3H3,(H,25,30). The summed E-state index contributed by atoms with van der Waals surface area (Å²) in [7, 11) is 5.35. The molecule has 0 atom stereocenters. The van der Waals surface area contributed by atoms with Gasteiger partial charge in [0.1, 0.15) is 11.9 Å². The summed E-state index contributed by atoms with van der Waals surface area (Å²) in [5.74, 6) is -0.313. The van der Waals surface area contributed by atoms with Gasteiger partial charge in [-0.15, -0.1) is 11.3 Å². The number of aromatic nitrogens is 1. The maximum Gasteiger partial charge on any atom is 0.417 e. The predicted octanol–water partition coefficient (Wildman–Crippen LogP) is 3.03. The van der Waals surface area contributed by atoms with E-state index in [4.69, 9.17) is 4.74 Å². The number of anilines is 1. The SMILES string of the molecule is CNC(=O)c1csc2c(C(F)(F)F)cc(N3CCC(OC(=O)N4CC(N(C)C)C4)CC3)nc12. The van der Waals surface area contributed by atoms with Crippen LogP contribution in [0.3, 0.4) is 0 Å². The Morgan fingerprint density at radius 3 is 2.48 bits per heavy atom. The molecule has 2 amide bonds. The second kappa shape index (κ2) is 8.98. The maximum absolute atomic E-state index is 13.7. The van der Waals surface area contributed by atoms with Crippen molar-refractivity contribution in [1.82, 2.24) is 20.1 Å². The summed E-state index contributed by atoms with van der Waals surface area (Å²) in [4.78, 5) is 34.3. The van der Waals surface area contributed by atoms with Crippen molar-refractivity contribution >= 4 is 39.4 Å². The Bertz CT molecular complexity index is 1040. The minimum absolute atomic E-state index is 0.0472. The molecule has 0 aliphatic carbocycles. The van der Waals surface area contributed by atoms with E-state index in [-0.39, 0.29) is 33.8 Å². The van der Waals surface area contributed by atoms with Crippen molar-refractivity contribution in [2.45, 2.75) is 31.2 Å². The molecule has 0 spiro atoms. The number of likely N-dealkylation sites (tertiary alicyclic amines) is 1. The highest BCUT2D eigenvalue weighted by Crippen LogP contribution is 2.40. The summed E-state index contributed by atoms with van der Waals surface area (Å²) >= 11 is 0.859. The van der Waals surface area contributed by atoms with Gasteiger partial charge < -0.3 is 24.8 Å². The molecular formula is C21H26F3N5O3S. The van der Waals surface area contributed by atoms with E-state index in [2.05, 4.69) is 15.2 Å². The Morgan fingerprint density at radius 1 is 1.24 bits per heavy atom. The van der Waals surface area contributed by atoms with Crippen molar-refractivity contribution < 1.29 is 27.5 Å². The largest absolute Gasteiger partial charge is 0.446 e. The highest BCUT2D eigenvalue weighted by molar-refractivity contribution is 7.17. The summed E-state index contributed by atoms with van der Waals surface area (Å²) in [6.07, 6.45) is -4.23. The van der Waals surface area contributed by atoms with Gasteiger partial charge in [-0.1, -0.05) is 0 Å². The monoisotopic (exact) mass is 485 g/mol. The molecule has 2 aliphatic rings. The number of nitrogens with one attached hydrogen (secondary N) is 1. The Labute approximate surface area is 193 Å². The van der Waals surface area contributed by atoms with E-state index in [1.807, 2.05) is 14.1 Å². The predicted molar refractivity (Wildman–Crippen MR) is 119 cm³/mol. The van der Waals surface area contributed by atoms with Crippen LogP contribution >= 0.6 is 11.3 Å². The number of ether oxygens (including phenoxy) is 1. The second-order valence-corrected chi connectivity index (χ2v) is 9.40. The third-order valence-electron chi connectivity index (χ3n) is 6.17. The van der Waals surface area contributed by atoms with Gasteiger partial charge in [0.15, 0.2) is 0 Å². The molecule has 0 unspecified atom stereocenters. The van der Waals surface area contributed by atoms with Crippen molar-refractivity contribution in [3.8, 4) is 0 Å². The van der Waals surface area contributed by atoms with E-state index < -0.39 is 17.6 Å². The molecular weight excluding hydrogens is 459 g/mol. The second-order valence-electron chi connectivity index (χ2n) is 8.52. The average molecular weight is 486 g/mol. The number of fused-ring (bicyclic) bond motifs is 1. The van der Waals surface area contributed by atoms with Gasteiger partial charge in [0, 0.05) is 57.5 Å². The molecule has 180 valence electrons. The molecule has 8 nitrogen and oxygen atoms in total. The van der Waals surface area contributed by atoms with Crippen LogP contribution < -0.4 is 10.2 Å². The van der Waals surface area contributed by atoms with Crippen LogP contribution in [0.15, 0.2) is 11.4 Å². The Kier molecular flexibility index (Phi) is 6.41. The maximum atomic E-state index is 13.7. The van der Waals surface area contributed by atoms with Crippen LogP contribution in [0, 0.1) is 0 Å². The molecule has 4 rings (SSSR count). The molecule has 2 aliphatic heterocycles. The molecule has 33 heavy (non-hydrogen) atoms. The zero-order valence-corrected chi connectivity index (χ0v) is 19.4. The van der Waals surface area contributed by atoms with Gasteiger partial charge in [-0.25, -0.2) is 9.78 Å². The van der Waals surface area contributed by atoms with Gasteiger partial charge in [0.2, 0.25) is 0 Å². The number of likely N-dealkylation sites (N-methyl/N-ethyl adjacent to an activating group) is 1. The Morgan fingerprint density at radius 2 is 1.91 bits per heavy atom. The first-order valence-corrected chi connectivity index (χ1v) is 11.5. The normalized spacial score (nSPS) is 18.0. The lowest BCUT2D eigenvalue weighted by atomic mass is 10.1. The molecule has 12 heteroatoms. The number of carbonyl (C=O) groups excluding carboxylic acids is 2. The Balaban J connectivity index is 1.46. The quantitative estimate of drug-likeness (QED) is 0.718. The average Bonchev–Trinajstić information content (AvgIpc) is 3.14. The highest BCUT2D eigenvalue weighted by Gasteiger charge is 2.37. The number of thiophene rings is 1. The number of rotatable bonds is 4. The van der Waals surface area contributed by atoms with Gasteiger partial charge in [0.25, 0.3) is 5.91 Å². The van der Waals surface area contributed by atoms with Crippen LogP contribution in [-0.2, 0) is 10.9 Å². The van der Waals surface area contributed by atoms with Gasteiger partial charge in [-0.2, -0.15) is 13.2 Å². The highest BCUT2D eigenvalue weighted by atomic mass is 32.1. The molecule has 2 saturated heterocycles. The van der Waals surface area contributed by atoms with E-state index in [1.165, 1.54) is 12.4 Å². The van der Waals surface area contributed by atoms with Gasteiger partial charge in [-0.3, -0.25) is 4.79 Å². The molecule has 4 heterocycles. The van der Waals surface area contributed by atoms with Crippen molar-refractivity contribution in [1.29, 1.82) is 0 Å². The number of pyridine rings is 1. The number of amides is 2. The van der Waals surface area contributed by atoms with Gasteiger partial charge in [0.05, 0.1) is 21.3 Å². The first-order valence-electron chi connectivity index (χ1n) is 10.7. The summed E-state index contributed by atoms with van der Waals surface area (Å²) in [6, 6.07) is 1.38. The first-order chi connectivity index (χ1) is 15.6. The lowest BCUT2D eigenvalue weighted by Gasteiger charge is -2.42. The van der Waals surface area contributed by atoms with Gasteiger partial charge in [-0.05, 0) is 20.2 Å². The summed E-state index contributed by atoms with van der Waals surface area (Å²) < 4.78 is 46.8. The third-order valence-corrected chi connectivity index (χ3v) is 7.17. The number of hydrogen-bond acceptors (Lipinski definition) is 7. The van der Waals surface area contributed by atoms with Crippen LogP contribution in [-0.4, -0.2) is 86.3 Å². The smallest absolute Gasteiger partial charge is 0.417 e. The topological polar surface area (TPSA) is 78.0 Å². The van der Waals surface area contributed by atoms with Crippen LogP contribution in [0.4, 0.5) is 23.8 Å². The number of hydrogen-bond donors (Lipinski definition) is 1. The lowest BCUT2D eigenvalue weighted by molar-refractivity contribution is -0.136. The van der Waals surface area contributed by atoms with Crippen molar-refractivity contribution in [2.24, 2.45) is 0 Å². The molecule has 0 bridgehead atoms. The minimum atomic E-state index is -4.57. The van der Waals surface area contributed by atoms with Crippen LogP contribution in [0.5, 0.6) is 0 Å². The molecule has 0 radical (unpaired) electrons. The number of halogens is 3. The molecule has 0 aromatic carbocycles. The molecule has 2 fully saturated rings. The van der Waals surface area contributed by atoms with E-state index in [0.29, 0.717) is 45.1 Å². The zero-order chi connectivity index (χ0) is 23.9. The fourth-order valence-corrected chi connectivity index (χ4v) is 5.04. The lowest BCUT2D eigenvalue weighted by Crippen LogP contribution is -2.59. The van der Waals surface area contributed by atoms with Crippen molar-refractivity contribution in [3.05, 3.63) is 22.6 Å². The summed E-state index contributed by atoms with van der Waals surface area (Å²) in [5.41, 5.74) is -0.630. The molecule has 2 aromatic heterocycles. The van der Waals surface area contributed by atoms with Crippen LogP contribution in [0.1, 0.15) is 28.8 Å². The fourth-order valence-electron chi connectivity index (χ4n) is 4.01. The number of nitrogens with zero attached hydrogens (tertiary/aromatic N) is 4. The number of carbonyl (C=O) groups is 2. The Hall–Kier alpha value is -2.60.